The highest BCUT2D eigenvalue weighted by molar-refractivity contribution is 7.99. The van der Waals surface area contributed by atoms with Gasteiger partial charge in [-0.1, -0.05) is 29.4 Å². The molecule has 1 aliphatic heterocycles. The Hall–Kier alpha value is -3.37. The van der Waals surface area contributed by atoms with E-state index < -0.39 is 0 Å². The minimum Gasteiger partial charge on any atom is -0.452 e. The minimum atomic E-state index is -0.287. The number of hydrogen-bond donors (Lipinski definition) is 2. The van der Waals surface area contributed by atoms with E-state index >= 15 is 0 Å². The lowest BCUT2D eigenvalue weighted by Gasteiger charge is -2.26. The van der Waals surface area contributed by atoms with Crippen molar-refractivity contribution in [2.75, 3.05) is 23.9 Å². The van der Waals surface area contributed by atoms with E-state index in [-0.39, 0.29) is 24.6 Å². The number of halogens is 1. The molecule has 1 aliphatic rings. The molecule has 0 aliphatic carbocycles. The van der Waals surface area contributed by atoms with E-state index in [2.05, 4.69) is 15.6 Å². The molecule has 1 saturated heterocycles. The summed E-state index contributed by atoms with van der Waals surface area (Å²) in [5.74, 6) is 0.538. The number of aromatic nitrogens is 1. The highest BCUT2D eigenvalue weighted by Crippen LogP contribution is 2.44. The van der Waals surface area contributed by atoms with E-state index in [1.54, 1.807) is 6.20 Å². The molecule has 0 saturated carbocycles. The maximum atomic E-state index is 12.0. The Bertz CT molecular complexity index is 1450. The van der Waals surface area contributed by atoms with Crippen molar-refractivity contribution in [1.82, 2.24) is 10.3 Å². The fourth-order valence-corrected chi connectivity index (χ4v) is 5.59. The number of carbonyl (C=O) groups excluding carboxylic acids is 1. The van der Waals surface area contributed by atoms with E-state index in [1.807, 2.05) is 84.6 Å². The number of ether oxygens (including phenoxy) is 1. The number of rotatable bonds is 8. The third kappa shape index (κ3) is 5.71. The highest BCUT2D eigenvalue weighted by atomic mass is 35.5. The first-order chi connectivity index (χ1) is 18.4. The monoisotopic (exact) mass is 564 g/mol. The first kappa shape index (κ1) is 26.2. The van der Waals surface area contributed by atoms with Crippen molar-refractivity contribution < 1.29 is 13.9 Å². The molecule has 2 atom stereocenters. The number of furan rings is 1. The van der Waals surface area contributed by atoms with Crippen LogP contribution in [-0.4, -0.2) is 29.7 Å². The lowest BCUT2D eigenvalue weighted by atomic mass is 10.0. The predicted molar refractivity (Wildman–Crippen MR) is 154 cm³/mol. The molecule has 0 bridgehead atoms. The van der Waals surface area contributed by atoms with Gasteiger partial charge in [0, 0.05) is 34.6 Å². The maximum Gasteiger partial charge on any atom is 0.250 e. The van der Waals surface area contributed by atoms with E-state index in [4.69, 9.17) is 33.0 Å². The first-order valence-corrected chi connectivity index (χ1v) is 13.5. The summed E-state index contributed by atoms with van der Waals surface area (Å²) in [6.07, 6.45) is 1.77. The fraction of sp³-hybridized carbons (Fsp3) is 0.179. The number of nitrogens with one attached hydrogen (secondary N) is 2. The number of carbonyl (C=O) groups is 1. The van der Waals surface area contributed by atoms with Gasteiger partial charge >= 0.3 is 0 Å². The topological polar surface area (TPSA) is 79.6 Å². The Morgan fingerprint density at radius 3 is 2.71 bits per heavy atom. The molecule has 0 radical (unpaired) electrons. The van der Waals surface area contributed by atoms with Crippen molar-refractivity contribution in [1.29, 1.82) is 0 Å². The SMILES string of the molecule is COCC(=O)Nc1ccc(N2C(=S)N[C@@H](c3ccccn3)[C@H]2c2ccc(Sc3ccc(Cl)cc3)o2)cc1C. The van der Waals surface area contributed by atoms with Crippen LogP contribution >= 0.6 is 35.6 Å². The van der Waals surface area contributed by atoms with Crippen LogP contribution in [0.5, 0.6) is 0 Å². The number of methoxy groups -OCH3 is 1. The molecule has 0 spiro atoms. The van der Waals surface area contributed by atoms with E-state index in [1.165, 1.54) is 18.9 Å². The zero-order chi connectivity index (χ0) is 26.6. The molecule has 2 N–H and O–H groups in total. The molecule has 0 unspecified atom stereocenters. The second-order valence-electron chi connectivity index (χ2n) is 8.69. The Morgan fingerprint density at radius 2 is 2.00 bits per heavy atom. The summed E-state index contributed by atoms with van der Waals surface area (Å²) >= 11 is 13.4. The molecular weight excluding hydrogens is 540 g/mol. The van der Waals surface area contributed by atoms with Crippen LogP contribution in [0.3, 0.4) is 0 Å². The molecule has 5 rings (SSSR count). The molecule has 1 fully saturated rings. The number of benzene rings is 2. The molecular formula is C28H25ClN4O3S2. The highest BCUT2D eigenvalue weighted by Gasteiger charge is 2.42. The molecule has 4 aromatic rings. The van der Waals surface area contributed by atoms with Crippen molar-refractivity contribution in [3.63, 3.8) is 0 Å². The van der Waals surface area contributed by atoms with Crippen molar-refractivity contribution >= 4 is 58.0 Å². The van der Waals surface area contributed by atoms with Gasteiger partial charge < -0.3 is 24.7 Å². The van der Waals surface area contributed by atoms with Gasteiger partial charge in [0.1, 0.15) is 18.4 Å². The number of hydrogen-bond acceptors (Lipinski definition) is 6. The predicted octanol–water partition coefficient (Wildman–Crippen LogP) is 6.55. The van der Waals surface area contributed by atoms with Gasteiger partial charge in [0.05, 0.1) is 11.7 Å². The van der Waals surface area contributed by atoms with Crippen LogP contribution in [0.25, 0.3) is 0 Å². The number of thiocarbonyl (C=S) groups is 1. The van der Waals surface area contributed by atoms with Crippen LogP contribution in [0.2, 0.25) is 5.02 Å². The Morgan fingerprint density at radius 1 is 1.18 bits per heavy atom. The molecule has 2 aromatic carbocycles. The number of nitrogens with zero attached hydrogens (tertiary/aromatic N) is 2. The van der Waals surface area contributed by atoms with Gasteiger partial charge in [-0.05, 0) is 91.4 Å². The van der Waals surface area contributed by atoms with Gasteiger partial charge in [-0.25, -0.2) is 0 Å². The zero-order valence-electron chi connectivity index (χ0n) is 20.7. The Labute approximate surface area is 235 Å². The average molecular weight is 565 g/mol. The van der Waals surface area contributed by atoms with Crippen molar-refractivity contribution in [2.24, 2.45) is 0 Å². The van der Waals surface area contributed by atoms with Crippen LogP contribution in [0.15, 0.2) is 93.4 Å². The third-order valence-electron chi connectivity index (χ3n) is 6.06. The summed E-state index contributed by atoms with van der Waals surface area (Å²) in [5.41, 5.74) is 3.34. The van der Waals surface area contributed by atoms with Crippen molar-refractivity contribution in [3.8, 4) is 0 Å². The largest absolute Gasteiger partial charge is 0.452 e. The maximum absolute atomic E-state index is 12.0. The number of amides is 1. The van der Waals surface area contributed by atoms with Gasteiger partial charge in [0.15, 0.2) is 10.2 Å². The van der Waals surface area contributed by atoms with Gasteiger partial charge in [-0.15, -0.1) is 0 Å². The van der Waals surface area contributed by atoms with Crippen LogP contribution in [0, 0.1) is 6.92 Å². The summed E-state index contributed by atoms with van der Waals surface area (Å²) in [6, 6.07) is 22.7. The Kier molecular flexibility index (Phi) is 7.99. The van der Waals surface area contributed by atoms with E-state index in [0.717, 1.165) is 32.7 Å². The molecule has 2 aromatic heterocycles. The van der Waals surface area contributed by atoms with Crippen LogP contribution < -0.4 is 15.5 Å². The van der Waals surface area contributed by atoms with Gasteiger partial charge in [-0.2, -0.15) is 0 Å². The standard InChI is InChI=1S/C28H25ClN4O3S2/c1-17-15-19(8-11-21(17)31-24(34)16-35-2)33-27(26(32-28(33)37)22-5-3-4-14-30-22)23-12-13-25(36-23)38-20-9-6-18(29)7-10-20/h3-15,26-27H,16H2,1-2H3,(H,31,34)(H,32,37)/t26-,27+/m0/s1. The van der Waals surface area contributed by atoms with Crippen LogP contribution in [-0.2, 0) is 9.53 Å². The summed E-state index contributed by atoms with van der Waals surface area (Å²) in [4.78, 5) is 19.7. The second kappa shape index (κ2) is 11.6. The lowest BCUT2D eigenvalue weighted by Crippen LogP contribution is -2.29. The molecule has 3 heterocycles. The fourth-order valence-electron chi connectivity index (χ4n) is 4.34. The quantitative estimate of drug-likeness (QED) is 0.233. The summed E-state index contributed by atoms with van der Waals surface area (Å²) in [5, 5.41) is 8.32. The lowest BCUT2D eigenvalue weighted by molar-refractivity contribution is -0.119. The summed E-state index contributed by atoms with van der Waals surface area (Å²) < 4.78 is 11.3. The molecule has 1 amide bonds. The minimum absolute atomic E-state index is 0.00991. The first-order valence-electron chi connectivity index (χ1n) is 11.9. The Balaban J connectivity index is 1.48. The number of aryl methyl sites for hydroxylation is 1. The van der Waals surface area contributed by atoms with Gasteiger partial charge in [0.2, 0.25) is 5.91 Å². The van der Waals surface area contributed by atoms with Crippen LogP contribution in [0.1, 0.15) is 29.1 Å². The molecule has 10 heteroatoms. The third-order valence-corrected chi connectivity index (χ3v) is 7.56. The summed E-state index contributed by atoms with van der Waals surface area (Å²) in [7, 11) is 1.49. The van der Waals surface area contributed by atoms with Crippen molar-refractivity contribution in [2.45, 2.75) is 29.0 Å². The number of pyridine rings is 1. The zero-order valence-corrected chi connectivity index (χ0v) is 23.1. The summed E-state index contributed by atoms with van der Waals surface area (Å²) in [6.45, 7) is 1.93. The molecule has 194 valence electrons. The van der Waals surface area contributed by atoms with Gasteiger partial charge in [-0.3, -0.25) is 9.78 Å². The second-order valence-corrected chi connectivity index (χ2v) is 10.6. The smallest absolute Gasteiger partial charge is 0.250 e. The molecule has 7 nitrogen and oxygen atoms in total. The van der Waals surface area contributed by atoms with Gasteiger partial charge in [0.25, 0.3) is 0 Å². The van der Waals surface area contributed by atoms with E-state index in [0.29, 0.717) is 15.8 Å². The number of anilines is 2. The molecule has 38 heavy (non-hydrogen) atoms. The normalized spacial score (nSPS) is 16.9. The van der Waals surface area contributed by atoms with Crippen LogP contribution in [0.4, 0.5) is 11.4 Å². The van der Waals surface area contributed by atoms with Crippen molar-refractivity contribution in [3.05, 3.63) is 101 Å². The average Bonchev–Trinajstić information content (AvgIpc) is 3.51. The van der Waals surface area contributed by atoms with E-state index in [9.17, 15) is 4.79 Å².